The van der Waals surface area contributed by atoms with Crippen molar-refractivity contribution < 1.29 is 23.8 Å². The first-order valence-electron chi connectivity index (χ1n) is 21.1. The molecule has 0 aliphatic carbocycles. The lowest BCUT2D eigenvalue weighted by atomic mass is 10.1. The molecular weight excluding hydrogens is 649 g/mol. The number of carbonyl (C=O) groups excluding carboxylic acids is 2. The summed E-state index contributed by atoms with van der Waals surface area (Å²) in [4.78, 5) is 28.7. The Labute approximate surface area is 320 Å². The minimum atomic E-state index is -0.188. The maximum Gasteiger partial charge on any atom is 0.305 e. The molecule has 52 heavy (non-hydrogen) atoms. The molecular formula is C45H78N2O5. The number of hydrogen-bond acceptors (Lipinski definition) is 6. The fourth-order valence-electron chi connectivity index (χ4n) is 5.78. The van der Waals surface area contributed by atoms with E-state index in [1.165, 1.54) is 70.6 Å². The van der Waals surface area contributed by atoms with Crippen LogP contribution in [0.25, 0.3) is 0 Å². The number of amides is 1. The number of epoxide rings is 1. The largest absolute Gasteiger partial charge is 0.464 e. The third kappa shape index (κ3) is 31.1. The molecule has 0 aromatic heterocycles. The van der Waals surface area contributed by atoms with Gasteiger partial charge in [-0.15, -0.1) is 0 Å². The van der Waals surface area contributed by atoms with Gasteiger partial charge in [0.1, 0.15) is 12.7 Å². The number of allylic oxidation sites excluding steroid dienone is 10. The molecule has 2 atom stereocenters. The summed E-state index contributed by atoms with van der Waals surface area (Å²) in [5.41, 5.74) is 0. The summed E-state index contributed by atoms with van der Waals surface area (Å²) >= 11 is 0. The number of ether oxygens (including phenoxy) is 3. The number of nitrogens with zero attached hydrogens (tertiary/aromatic N) is 2. The molecule has 0 spiro atoms. The van der Waals surface area contributed by atoms with Crippen molar-refractivity contribution in [2.24, 2.45) is 0 Å². The van der Waals surface area contributed by atoms with Gasteiger partial charge in [-0.1, -0.05) is 120 Å². The van der Waals surface area contributed by atoms with Crippen LogP contribution in [0.5, 0.6) is 0 Å². The lowest BCUT2D eigenvalue weighted by Crippen LogP contribution is -2.41. The number of hydrogen-bond donors (Lipinski definition) is 0. The second-order valence-electron chi connectivity index (χ2n) is 14.4. The Kier molecular flexibility index (Phi) is 32.5. The Morgan fingerprint density at radius 2 is 1.10 bits per heavy atom. The van der Waals surface area contributed by atoms with E-state index in [2.05, 4.69) is 74.6 Å². The molecule has 1 rings (SSSR count). The summed E-state index contributed by atoms with van der Waals surface area (Å²) < 4.78 is 17.1. The number of carbonyl (C=O) groups is 2. The fourth-order valence-corrected chi connectivity index (χ4v) is 5.78. The van der Waals surface area contributed by atoms with Gasteiger partial charge >= 0.3 is 5.97 Å². The molecule has 0 saturated carbocycles. The van der Waals surface area contributed by atoms with Crippen LogP contribution in [-0.2, 0) is 23.8 Å². The van der Waals surface area contributed by atoms with Gasteiger partial charge in [0.15, 0.2) is 6.29 Å². The van der Waals surface area contributed by atoms with Gasteiger partial charge in [0, 0.05) is 13.0 Å². The normalized spacial score (nSPS) is 16.2. The molecule has 1 amide bonds. The molecule has 0 bridgehead atoms. The molecule has 1 saturated heterocycles. The van der Waals surface area contributed by atoms with Gasteiger partial charge in [0.25, 0.3) is 0 Å². The van der Waals surface area contributed by atoms with Crippen LogP contribution in [0.3, 0.4) is 0 Å². The zero-order valence-corrected chi connectivity index (χ0v) is 34.0. The van der Waals surface area contributed by atoms with Gasteiger partial charge in [0.2, 0.25) is 5.91 Å². The molecule has 7 nitrogen and oxygen atoms in total. The van der Waals surface area contributed by atoms with Crippen LogP contribution in [0.1, 0.15) is 155 Å². The van der Waals surface area contributed by atoms with Crippen LogP contribution in [0.15, 0.2) is 60.8 Å². The van der Waals surface area contributed by atoms with Crippen LogP contribution < -0.4 is 0 Å². The van der Waals surface area contributed by atoms with Crippen molar-refractivity contribution in [3.05, 3.63) is 60.8 Å². The molecule has 1 aliphatic rings. The Morgan fingerprint density at radius 3 is 1.69 bits per heavy atom. The molecule has 0 N–H and O–H groups in total. The SMILES string of the molecule is CCCCC/C=C\C/C=C\CCC/C=C/CCC1OC1OCCN(CCOC(=O)CCCCCCC/C=C\C/C=C\CCCCC)C(=O)CN(C)C. The summed E-state index contributed by atoms with van der Waals surface area (Å²) in [5.74, 6) is -0.180. The van der Waals surface area contributed by atoms with E-state index in [1.807, 2.05) is 19.0 Å². The maximum absolute atomic E-state index is 12.8. The van der Waals surface area contributed by atoms with Crippen LogP contribution in [0.4, 0.5) is 0 Å². The quantitative estimate of drug-likeness (QED) is 0.0277. The first-order valence-corrected chi connectivity index (χ1v) is 21.1. The zero-order chi connectivity index (χ0) is 37.7. The first kappa shape index (κ1) is 47.5. The van der Waals surface area contributed by atoms with Crippen LogP contribution >= 0.6 is 0 Å². The van der Waals surface area contributed by atoms with Crippen molar-refractivity contribution in [3.8, 4) is 0 Å². The lowest BCUT2D eigenvalue weighted by Gasteiger charge is -2.24. The molecule has 298 valence electrons. The average Bonchev–Trinajstić information content (AvgIpc) is 3.88. The van der Waals surface area contributed by atoms with Crippen molar-refractivity contribution in [2.75, 3.05) is 46.9 Å². The highest BCUT2D eigenvalue weighted by Gasteiger charge is 2.39. The molecule has 2 unspecified atom stereocenters. The number of esters is 1. The van der Waals surface area contributed by atoms with E-state index in [1.54, 1.807) is 4.90 Å². The van der Waals surface area contributed by atoms with Crippen molar-refractivity contribution in [1.29, 1.82) is 0 Å². The van der Waals surface area contributed by atoms with Gasteiger partial charge < -0.3 is 24.0 Å². The van der Waals surface area contributed by atoms with Crippen molar-refractivity contribution >= 4 is 11.9 Å². The highest BCUT2D eigenvalue weighted by molar-refractivity contribution is 5.78. The van der Waals surface area contributed by atoms with Crippen LogP contribution in [-0.4, -0.2) is 81.0 Å². The smallest absolute Gasteiger partial charge is 0.305 e. The van der Waals surface area contributed by atoms with E-state index in [4.69, 9.17) is 14.2 Å². The third-order valence-electron chi connectivity index (χ3n) is 9.05. The van der Waals surface area contributed by atoms with Crippen molar-refractivity contribution in [2.45, 2.75) is 167 Å². The second-order valence-corrected chi connectivity index (χ2v) is 14.4. The zero-order valence-electron chi connectivity index (χ0n) is 34.0. The first-order chi connectivity index (χ1) is 25.5. The summed E-state index contributed by atoms with van der Waals surface area (Å²) in [6, 6.07) is 0. The van der Waals surface area contributed by atoms with E-state index in [0.717, 1.165) is 64.2 Å². The minimum Gasteiger partial charge on any atom is -0.464 e. The molecule has 7 heteroatoms. The van der Waals surface area contributed by atoms with Crippen molar-refractivity contribution in [3.63, 3.8) is 0 Å². The van der Waals surface area contributed by atoms with Crippen LogP contribution in [0.2, 0.25) is 0 Å². The van der Waals surface area contributed by atoms with Gasteiger partial charge in [-0.25, -0.2) is 0 Å². The van der Waals surface area contributed by atoms with E-state index < -0.39 is 0 Å². The van der Waals surface area contributed by atoms with Crippen LogP contribution in [0, 0.1) is 0 Å². The Bertz CT molecular complexity index is 1000. The minimum absolute atomic E-state index is 0.00176. The summed E-state index contributed by atoms with van der Waals surface area (Å²) in [6.07, 6.45) is 47.4. The predicted octanol–water partition coefficient (Wildman–Crippen LogP) is 11.1. The van der Waals surface area contributed by atoms with Gasteiger partial charge in [0.05, 0.1) is 19.7 Å². The molecule has 1 fully saturated rings. The second kappa shape index (κ2) is 35.5. The van der Waals surface area contributed by atoms with Crippen molar-refractivity contribution in [1.82, 2.24) is 9.80 Å². The van der Waals surface area contributed by atoms with Gasteiger partial charge in [-0.3, -0.25) is 9.59 Å². The molecule has 0 aromatic carbocycles. The topological polar surface area (TPSA) is 71.6 Å². The molecule has 1 aliphatic heterocycles. The molecule has 0 radical (unpaired) electrons. The van der Waals surface area contributed by atoms with E-state index in [-0.39, 0.29) is 30.9 Å². The molecule has 1 heterocycles. The summed E-state index contributed by atoms with van der Waals surface area (Å²) in [7, 11) is 3.75. The van der Waals surface area contributed by atoms with Gasteiger partial charge in [-0.05, 0) is 104 Å². The Morgan fingerprint density at radius 1 is 0.596 bits per heavy atom. The van der Waals surface area contributed by atoms with E-state index in [9.17, 15) is 9.59 Å². The van der Waals surface area contributed by atoms with E-state index in [0.29, 0.717) is 32.7 Å². The maximum atomic E-state index is 12.8. The third-order valence-corrected chi connectivity index (χ3v) is 9.05. The lowest BCUT2D eigenvalue weighted by molar-refractivity contribution is -0.146. The highest BCUT2D eigenvalue weighted by Crippen LogP contribution is 2.27. The summed E-state index contributed by atoms with van der Waals surface area (Å²) in [6.45, 7) is 6.22. The summed E-state index contributed by atoms with van der Waals surface area (Å²) in [5, 5.41) is 0. The average molecular weight is 727 g/mol. The highest BCUT2D eigenvalue weighted by atomic mass is 16.8. The van der Waals surface area contributed by atoms with Gasteiger partial charge in [-0.2, -0.15) is 0 Å². The fraction of sp³-hybridized carbons (Fsp3) is 0.733. The number of likely N-dealkylation sites (N-methyl/N-ethyl adjacent to an activating group) is 1. The Hall–Kier alpha value is -2.48. The number of unbranched alkanes of at least 4 members (excludes halogenated alkanes) is 13. The molecule has 0 aromatic rings. The standard InChI is InChI=1S/C45H78N2O5/c1-5-7-9-11-13-15-17-19-21-23-25-27-29-31-33-35-42-45(52-42)51-40-38-47(43(48)41-46(3)4)37-39-50-44(49)36-34-32-30-28-26-24-22-20-18-16-14-12-10-8-6-2/h13-16,19-22,29,31,42,45H,5-12,17-18,23-28,30,32-41H2,1-4H3/b15-13-,16-14-,21-19-,22-20-,31-29+. The van der Waals surface area contributed by atoms with E-state index >= 15 is 0 Å². The Balaban J connectivity index is 2.09. The number of rotatable bonds is 36. The monoisotopic (exact) mass is 727 g/mol. The predicted molar refractivity (Wildman–Crippen MR) is 219 cm³/mol.